The molecular formula is C25H33NO2. The molecule has 3 nitrogen and oxygen atoms in total. The smallest absolute Gasteiger partial charge is 0.251 e. The zero-order valence-electron chi connectivity index (χ0n) is 17.4. The molecule has 4 aliphatic carbocycles. The van der Waals surface area contributed by atoms with Crippen molar-refractivity contribution in [2.45, 2.75) is 78.1 Å². The number of fused-ring (bicyclic) bond motifs is 3. The molecule has 0 heterocycles. The highest BCUT2D eigenvalue weighted by atomic mass is 16.2. The number of hydrogen-bond donors (Lipinski definition) is 1. The fourth-order valence-electron chi connectivity index (χ4n) is 6.10. The Morgan fingerprint density at radius 2 is 1.82 bits per heavy atom. The second-order valence-corrected chi connectivity index (χ2v) is 9.64. The van der Waals surface area contributed by atoms with E-state index in [1.54, 1.807) is 0 Å². The molecular weight excluding hydrogens is 346 g/mol. The van der Waals surface area contributed by atoms with Crippen molar-refractivity contribution in [1.82, 2.24) is 0 Å². The molecule has 4 aliphatic rings. The topological polar surface area (TPSA) is 58.0 Å². The van der Waals surface area contributed by atoms with Crippen molar-refractivity contribution in [3.8, 4) is 0 Å². The average Bonchev–Trinajstić information content (AvgIpc) is 2.86. The second kappa shape index (κ2) is 7.93. The standard InChI is InChI=1S/C25H33NO2/c1-15-11-16(2)13-19-14-18(12-15)22(19)23(26)25(28)24(27)21-10-6-4-8-17-7-3-5-9-20(17)21/h10,12,15-17,20,26H,3-9,11,13-14H2,1-2H3. The Labute approximate surface area is 168 Å². The molecule has 28 heavy (non-hydrogen) atoms. The van der Waals surface area contributed by atoms with Gasteiger partial charge >= 0.3 is 0 Å². The van der Waals surface area contributed by atoms with Gasteiger partial charge in [-0.05, 0) is 80.6 Å². The molecule has 3 heteroatoms. The van der Waals surface area contributed by atoms with Crippen LogP contribution in [0.25, 0.3) is 0 Å². The Morgan fingerprint density at radius 1 is 1.07 bits per heavy atom. The summed E-state index contributed by atoms with van der Waals surface area (Å²) < 4.78 is 0. The van der Waals surface area contributed by atoms with E-state index in [1.165, 1.54) is 24.8 Å². The van der Waals surface area contributed by atoms with E-state index in [9.17, 15) is 9.59 Å². The Morgan fingerprint density at radius 3 is 2.64 bits per heavy atom. The molecule has 4 rings (SSSR count). The molecule has 1 N–H and O–H groups in total. The van der Waals surface area contributed by atoms with E-state index in [0.717, 1.165) is 61.7 Å². The third kappa shape index (κ3) is 3.60. The molecule has 2 bridgehead atoms. The number of ketones is 2. The molecule has 0 radical (unpaired) electrons. The Hall–Kier alpha value is -1.77. The van der Waals surface area contributed by atoms with Gasteiger partial charge in [-0.15, -0.1) is 0 Å². The van der Waals surface area contributed by atoms with Crippen molar-refractivity contribution in [2.24, 2.45) is 23.7 Å². The molecule has 1 fully saturated rings. The van der Waals surface area contributed by atoms with Crippen LogP contribution in [0.2, 0.25) is 0 Å². The SMILES string of the molecule is CC1C=C2CC(=C2C(=N)C(=O)C(=O)C2=CCCCC3CCCCC23)CC(C)C1. The first-order valence-corrected chi connectivity index (χ1v) is 11.3. The third-order valence-corrected chi connectivity index (χ3v) is 7.33. The summed E-state index contributed by atoms with van der Waals surface area (Å²) in [6.45, 7) is 4.45. The number of carbonyl (C=O) groups excluding carboxylic acids is 2. The number of Topliss-reactive ketones (excluding diaryl/α,β-unsaturated/α-hetero) is 2. The fraction of sp³-hybridized carbons (Fsp3) is 0.640. The third-order valence-electron chi connectivity index (χ3n) is 7.33. The number of allylic oxidation sites excluding steroid dienone is 6. The highest BCUT2D eigenvalue weighted by Crippen LogP contribution is 2.44. The first-order valence-electron chi connectivity index (χ1n) is 11.3. The lowest BCUT2D eigenvalue weighted by atomic mass is 9.69. The van der Waals surface area contributed by atoms with Gasteiger partial charge in [0.2, 0.25) is 5.78 Å². The minimum absolute atomic E-state index is 0.0451. The molecule has 0 aromatic carbocycles. The van der Waals surface area contributed by atoms with Crippen molar-refractivity contribution in [2.75, 3.05) is 0 Å². The number of hydrogen-bond acceptors (Lipinski definition) is 3. The molecule has 0 saturated heterocycles. The van der Waals surface area contributed by atoms with Crippen LogP contribution in [0.5, 0.6) is 0 Å². The highest BCUT2D eigenvalue weighted by molar-refractivity contribution is 6.71. The van der Waals surface area contributed by atoms with E-state index < -0.39 is 5.78 Å². The summed E-state index contributed by atoms with van der Waals surface area (Å²) >= 11 is 0. The Balaban J connectivity index is 1.57. The van der Waals surface area contributed by atoms with Gasteiger partial charge in [0.05, 0.1) is 0 Å². The predicted octanol–water partition coefficient (Wildman–Crippen LogP) is 5.75. The van der Waals surface area contributed by atoms with Crippen molar-refractivity contribution < 1.29 is 9.59 Å². The number of nitrogens with one attached hydrogen (secondary N) is 1. The van der Waals surface area contributed by atoms with Crippen LogP contribution < -0.4 is 0 Å². The molecule has 1 saturated carbocycles. The van der Waals surface area contributed by atoms with E-state index >= 15 is 0 Å². The van der Waals surface area contributed by atoms with Gasteiger partial charge in [-0.3, -0.25) is 15.0 Å². The lowest BCUT2D eigenvalue weighted by Crippen LogP contribution is -2.34. The Kier molecular flexibility index (Phi) is 5.53. The van der Waals surface area contributed by atoms with Crippen LogP contribution >= 0.6 is 0 Å². The average molecular weight is 380 g/mol. The highest BCUT2D eigenvalue weighted by Gasteiger charge is 2.38. The molecule has 0 aliphatic heterocycles. The molecule has 0 aromatic rings. The monoisotopic (exact) mass is 379 g/mol. The maximum atomic E-state index is 13.2. The van der Waals surface area contributed by atoms with Crippen molar-refractivity contribution in [3.63, 3.8) is 0 Å². The normalized spacial score (nSPS) is 32.6. The molecule has 0 amide bonds. The summed E-state index contributed by atoms with van der Waals surface area (Å²) in [6, 6.07) is 0. The second-order valence-electron chi connectivity index (χ2n) is 9.64. The lowest BCUT2D eigenvalue weighted by molar-refractivity contribution is -0.131. The van der Waals surface area contributed by atoms with Crippen LogP contribution in [0.3, 0.4) is 0 Å². The first kappa shape index (κ1) is 19.5. The van der Waals surface area contributed by atoms with Crippen molar-refractivity contribution in [1.29, 1.82) is 5.41 Å². The summed E-state index contributed by atoms with van der Waals surface area (Å²) in [6.07, 6.45) is 15.0. The molecule has 0 aromatic heterocycles. The van der Waals surface area contributed by atoms with E-state index in [-0.39, 0.29) is 17.4 Å². The maximum Gasteiger partial charge on any atom is 0.251 e. The molecule has 150 valence electrons. The largest absolute Gasteiger partial charge is 0.296 e. The lowest BCUT2D eigenvalue weighted by Gasteiger charge is -2.34. The van der Waals surface area contributed by atoms with Crippen LogP contribution in [0.1, 0.15) is 78.1 Å². The molecule has 4 unspecified atom stereocenters. The number of carbonyl (C=O) groups is 2. The fourth-order valence-corrected chi connectivity index (χ4v) is 6.10. The van der Waals surface area contributed by atoms with E-state index in [1.807, 2.05) is 6.08 Å². The van der Waals surface area contributed by atoms with Crippen LogP contribution in [0, 0.1) is 29.1 Å². The Bertz CT molecular complexity index is 797. The summed E-state index contributed by atoms with van der Waals surface area (Å²) in [4.78, 5) is 26.3. The summed E-state index contributed by atoms with van der Waals surface area (Å²) in [7, 11) is 0. The summed E-state index contributed by atoms with van der Waals surface area (Å²) in [5.74, 6) is 0.854. The van der Waals surface area contributed by atoms with E-state index in [4.69, 9.17) is 5.41 Å². The van der Waals surface area contributed by atoms with Gasteiger partial charge < -0.3 is 0 Å². The van der Waals surface area contributed by atoms with Crippen LogP contribution in [0.4, 0.5) is 0 Å². The summed E-state index contributed by atoms with van der Waals surface area (Å²) in [5, 5.41) is 8.59. The van der Waals surface area contributed by atoms with Gasteiger partial charge in [0.1, 0.15) is 5.71 Å². The minimum Gasteiger partial charge on any atom is -0.296 e. The van der Waals surface area contributed by atoms with Gasteiger partial charge in [-0.1, -0.05) is 44.4 Å². The van der Waals surface area contributed by atoms with Gasteiger partial charge in [0.25, 0.3) is 5.78 Å². The quantitative estimate of drug-likeness (QED) is 0.499. The van der Waals surface area contributed by atoms with Crippen molar-refractivity contribution in [3.05, 3.63) is 34.4 Å². The van der Waals surface area contributed by atoms with Gasteiger partial charge in [0, 0.05) is 11.1 Å². The maximum absolute atomic E-state index is 13.2. The minimum atomic E-state index is -0.573. The van der Waals surface area contributed by atoms with E-state index in [0.29, 0.717) is 17.8 Å². The number of rotatable bonds is 4. The van der Waals surface area contributed by atoms with Gasteiger partial charge in [-0.25, -0.2) is 0 Å². The zero-order chi connectivity index (χ0) is 19.8. The molecule has 0 spiro atoms. The van der Waals surface area contributed by atoms with Crippen LogP contribution in [-0.2, 0) is 9.59 Å². The van der Waals surface area contributed by atoms with Crippen LogP contribution in [0.15, 0.2) is 34.4 Å². The van der Waals surface area contributed by atoms with Gasteiger partial charge in [0.15, 0.2) is 0 Å². The molecule has 4 atom stereocenters. The van der Waals surface area contributed by atoms with Gasteiger partial charge in [-0.2, -0.15) is 0 Å². The zero-order valence-corrected chi connectivity index (χ0v) is 17.4. The summed E-state index contributed by atoms with van der Waals surface area (Å²) in [5.41, 5.74) is 3.81. The van der Waals surface area contributed by atoms with Crippen LogP contribution in [-0.4, -0.2) is 17.3 Å². The van der Waals surface area contributed by atoms with E-state index in [2.05, 4.69) is 19.9 Å². The first-order chi connectivity index (χ1) is 13.5. The predicted molar refractivity (Wildman–Crippen MR) is 112 cm³/mol. The van der Waals surface area contributed by atoms with Crippen molar-refractivity contribution >= 4 is 17.3 Å².